The average molecular weight is 237 g/mol. The van der Waals surface area contributed by atoms with E-state index in [4.69, 9.17) is 9.84 Å². The molecule has 0 fully saturated rings. The lowest BCUT2D eigenvalue weighted by Crippen LogP contribution is -2.33. The maximum atomic E-state index is 10.9. The largest absolute Gasteiger partial charge is 0.495 e. The normalized spacial score (nSPS) is 10.4. The molecule has 1 N–H and O–H groups in total. The SMILES string of the molecule is COc1ccccc1N(CC(=O)O)CC(C)C. The quantitative estimate of drug-likeness (QED) is 0.824. The molecule has 0 heterocycles. The predicted molar refractivity (Wildman–Crippen MR) is 67.7 cm³/mol. The highest BCUT2D eigenvalue weighted by Crippen LogP contribution is 2.27. The van der Waals surface area contributed by atoms with Crippen LogP contribution in [0.4, 0.5) is 5.69 Å². The van der Waals surface area contributed by atoms with Crippen molar-refractivity contribution in [2.24, 2.45) is 5.92 Å². The van der Waals surface area contributed by atoms with E-state index in [-0.39, 0.29) is 6.54 Å². The number of aliphatic carboxylic acids is 1. The molecule has 4 heteroatoms. The summed E-state index contributed by atoms with van der Waals surface area (Å²) < 4.78 is 5.25. The lowest BCUT2D eigenvalue weighted by Gasteiger charge is -2.26. The van der Waals surface area contributed by atoms with Gasteiger partial charge in [0.15, 0.2) is 0 Å². The van der Waals surface area contributed by atoms with Crippen LogP contribution in [-0.4, -0.2) is 31.3 Å². The van der Waals surface area contributed by atoms with E-state index in [1.54, 1.807) is 7.11 Å². The summed E-state index contributed by atoms with van der Waals surface area (Å²) in [6, 6.07) is 7.47. The van der Waals surface area contributed by atoms with Crippen LogP contribution in [0.5, 0.6) is 5.75 Å². The van der Waals surface area contributed by atoms with Crippen molar-refractivity contribution in [2.45, 2.75) is 13.8 Å². The number of hydrogen-bond donors (Lipinski definition) is 1. The van der Waals surface area contributed by atoms with Crippen LogP contribution < -0.4 is 9.64 Å². The Kier molecular flexibility index (Phi) is 4.82. The first-order chi connectivity index (χ1) is 8.04. The Labute approximate surface area is 102 Å². The number of hydrogen-bond acceptors (Lipinski definition) is 3. The van der Waals surface area contributed by atoms with Gasteiger partial charge in [0.1, 0.15) is 12.3 Å². The standard InChI is InChI=1S/C13H19NO3/c1-10(2)8-14(9-13(15)16)11-6-4-5-7-12(11)17-3/h4-7,10H,8-9H2,1-3H3,(H,15,16). The number of carboxylic acid groups (broad SMARTS) is 1. The second kappa shape index (κ2) is 6.13. The predicted octanol–water partition coefficient (Wildman–Crippen LogP) is 2.24. The fraction of sp³-hybridized carbons (Fsp3) is 0.462. The van der Waals surface area contributed by atoms with Crippen LogP contribution in [0, 0.1) is 5.92 Å². The van der Waals surface area contributed by atoms with Gasteiger partial charge in [-0.05, 0) is 18.1 Å². The zero-order valence-corrected chi connectivity index (χ0v) is 10.5. The molecule has 4 nitrogen and oxygen atoms in total. The van der Waals surface area contributed by atoms with Crippen molar-refractivity contribution in [1.29, 1.82) is 0 Å². The van der Waals surface area contributed by atoms with Gasteiger partial charge in [-0.1, -0.05) is 26.0 Å². The first kappa shape index (κ1) is 13.4. The zero-order chi connectivity index (χ0) is 12.8. The van der Waals surface area contributed by atoms with E-state index in [1.165, 1.54) is 0 Å². The van der Waals surface area contributed by atoms with Gasteiger partial charge < -0.3 is 14.7 Å². The van der Waals surface area contributed by atoms with Gasteiger partial charge >= 0.3 is 5.97 Å². The molecule has 1 aromatic carbocycles. The molecule has 0 aliphatic rings. The van der Waals surface area contributed by atoms with Crippen LogP contribution >= 0.6 is 0 Å². The number of anilines is 1. The highest BCUT2D eigenvalue weighted by molar-refractivity contribution is 5.75. The van der Waals surface area contributed by atoms with Gasteiger partial charge in [-0.25, -0.2) is 0 Å². The third-order valence-electron chi connectivity index (χ3n) is 2.34. The minimum atomic E-state index is -0.837. The van der Waals surface area contributed by atoms with Crippen molar-refractivity contribution in [1.82, 2.24) is 0 Å². The van der Waals surface area contributed by atoms with Gasteiger partial charge in [0.2, 0.25) is 0 Å². The third-order valence-corrected chi connectivity index (χ3v) is 2.34. The number of benzene rings is 1. The third kappa shape index (κ3) is 3.98. The Bertz CT molecular complexity index is 377. The second-order valence-electron chi connectivity index (χ2n) is 4.34. The molecular weight excluding hydrogens is 218 g/mol. The molecule has 0 radical (unpaired) electrons. The molecule has 0 bridgehead atoms. The topological polar surface area (TPSA) is 49.8 Å². The van der Waals surface area contributed by atoms with Gasteiger partial charge in [0.25, 0.3) is 0 Å². The number of ether oxygens (including phenoxy) is 1. The second-order valence-corrected chi connectivity index (χ2v) is 4.34. The van der Waals surface area contributed by atoms with Gasteiger partial charge in [-0.15, -0.1) is 0 Å². The molecule has 0 unspecified atom stereocenters. The van der Waals surface area contributed by atoms with Crippen molar-refractivity contribution >= 4 is 11.7 Å². The smallest absolute Gasteiger partial charge is 0.323 e. The van der Waals surface area contributed by atoms with Gasteiger partial charge in [0.05, 0.1) is 12.8 Å². The van der Waals surface area contributed by atoms with Crippen LogP contribution in [0.1, 0.15) is 13.8 Å². The molecule has 1 rings (SSSR count). The molecule has 0 amide bonds. The molecule has 0 aliphatic heterocycles. The summed E-state index contributed by atoms with van der Waals surface area (Å²) >= 11 is 0. The maximum absolute atomic E-state index is 10.9. The molecule has 1 aromatic rings. The summed E-state index contributed by atoms with van der Waals surface area (Å²) in [5, 5.41) is 8.94. The van der Waals surface area contributed by atoms with Crippen LogP contribution in [0.2, 0.25) is 0 Å². The molecular formula is C13H19NO3. The Balaban J connectivity index is 2.98. The molecule has 0 aromatic heterocycles. The number of carbonyl (C=O) groups is 1. The Hall–Kier alpha value is -1.71. The first-order valence-corrected chi connectivity index (χ1v) is 5.64. The summed E-state index contributed by atoms with van der Waals surface area (Å²) in [7, 11) is 1.59. The maximum Gasteiger partial charge on any atom is 0.323 e. The van der Waals surface area contributed by atoms with Crippen LogP contribution in [0.25, 0.3) is 0 Å². The summed E-state index contributed by atoms with van der Waals surface area (Å²) in [5.41, 5.74) is 0.825. The fourth-order valence-electron chi connectivity index (χ4n) is 1.74. The minimum Gasteiger partial charge on any atom is -0.495 e. The minimum absolute atomic E-state index is 0.0153. The van der Waals surface area contributed by atoms with E-state index >= 15 is 0 Å². The lowest BCUT2D eigenvalue weighted by molar-refractivity contribution is -0.135. The Morgan fingerprint density at radius 1 is 1.41 bits per heavy atom. The molecule has 0 saturated heterocycles. The highest BCUT2D eigenvalue weighted by Gasteiger charge is 2.15. The van der Waals surface area contributed by atoms with Crippen molar-refractivity contribution in [3.8, 4) is 5.75 Å². The van der Waals surface area contributed by atoms with E-state index in [1.807, 2.05) is 29.2 Å². The molecule has 94 valence electrons. The van der Waals surface area contributed by atoms with E-state index in [0.29, 0.717) is 18.2 Å². The summed E-state index contributed by atoms with van der Waals surface area (Å²) in [6.07, 6.45) is 0. The summed E-state index contributed by atoms with van der Waals surface area (Å²) in [6.45, 7) is 4.79. The van der Waals surface area contributed by atoms with E-state index < -0.39 is 5.97 Å². The summed E-state index contributed by atoms with van der Waals surface area (Å²) in [5.74, 6) is 0.255. The van der Waals surface area contributed by atoms with Crippen LogP contribution in [0.15, 0.2) is 24.3 Å². The van der Waals surface area contributed by atoms with E-state index in [0.717, 1.165) is 5.69 Å². The van der Waals surface area contributed by atoms with Crippen molar-refractivity contribution in [3.63, 3.8) is 0 Å². The lowest BCUT2D eigenvalue weighted by atomic mass is 10.2. The van der Waals surface area contributed by atoms with E-state index in [9.17, 15) is 4.79 Å². The highest BCUT2D eigenvalue weighted by atomic mass is 16.5. The molecule has 0 aliphatic carbocycles. The number of para-hydroxylation sites is 2. The Morgan fingerprint density at radius 2 is 2.06 bits per heavy atom. The molecule has 0 atom stereocenters. The van der Waals surface area contributed by atoms with Crippen LogP contribution in [-0.2, 0) is 4.79 Å². The van der Waals surface area contributed by atoms with Crippen molar-refractivity contribution in [3.05, 3.63) is 24.3 Å². The number of rotatable bonds is 6. The number of methoxy groups -OCH3 is 1. The molecule has 0 saturated carbocycles. The van der Waals surface area contributed by atoms with Gasteiger partial charge in [-0.3, -0.25) is 4.79 Å². The fourth-order valence-corrected chi connectivity index (χ4v) is 1.74. The number of nitrogens with zero attached hydrogens (tertiary/aromatic N) is 1. The van der Waals surface area contributed by atoms with Crippen molar-refractivity contribution < 1.29 is 14.6 Å². The monoisotopic (exact) mass is 237 g/mol. The molecule has 0 spiro atoms. The molecule has 17 heavy (non-hydrogen) atoms. The van der Waals surface area contributed by atoms with Gasteiger partial charge in [0, 0.05) is 6.54 Å². The Morgan fingerprint density at radius 3 is 2.59 bits per heavy atom. The average Bonchev–Trinajstić information content (AvgIpc) is 2.27. The van der Waals surface area contributed by atoms with E-state index in [2.05, 4.69) is 13.8 Å². The van der Waals surface area contributed by atoms with Crippen LogP contribution in [0.3, 0.4) is 0 Å². The summed E-state index contributed by atoms with van der Waals surface area (Å²) in [4.78, 5) is 12.7. The zero-order valence-electron chi connectivity index (χ0n) is 10.5. The van der Waals surface area contributed by atoms with Crippen molar-refractivity contribution in [2.75, 3.05) is 25.1 Å². The van der Waals surface area contributed by atoms with Gasteiger partial charge in [-0.2, -0.15) is 0 Å². The number of carboxylic acids is 1. The first-order valence-electron chi connectivity index (χ1n) is 5.64.